The zero-order valence-electron chi connectivity index (χ0n) is 22.9. The summed E-state index contributed by atoms with van der Waals surface area (Å²) in [6.45, 7) is 3.88. The van der Waals surface area contributed by atoms with Gasteiger partial charge in [0.2, 0.25) is 10.0 Å². The third kappa shape index (κ3) is 7.35. The van der Waals surface area contributed by atoms with Gasteiger partial charge in [-0.15, -0.1) is 0 Å². The number of hydrogen-bond donors (Lipinski definition) is 1. The molecule has 0 atom stereocenters. The van der Waals surface area contributed by atoms with Crippen molar-refractivity contribution in [2.75, 3.05) is 37.7 Å². The summed E-state index contributed by atoms with van der Waals surface area (Å²) in [6.07, 6.45) is -0.0428. The average Bonchev–Trinajstić information content (AvgIpc) is 2.96. The first-order chi connectivity index (χ1) is 19.9. The van der Waals surface area contributed by atoms with Gasteiger partial charge in [0, 0.05) is 44.0 Å². The second-order valence-electron chi connectivity index (χ2n) is 9.57. The minimum Gasteiger partial charge on any atom is -0.491 e. The molecule has 1 fully saturated rings. The molecule has 0 spiro atoms. The maximum Gasteiger partial charge on any atom is 0.311 e. The summed E-state index contributed by atoms with van der Waals surface area (Å²) < 4.78 is 65.3. The van der Waals surface area contributed by atoms with Gasteiger partial charge in [0.15, 0.2) is 12.4 Å². The molecule has 1 saturated heterocycles. The number of nitrogens with one attached hydrogen (secondary N) is 1. The van der Waals surface area contributed by atoms with Crippen LogP contribution in [0, 0.1) is 10.1 Å². The molecule has 15 heteroatoms. The normalized spacial score (nSPS) is 14.4. The fourth-order valence-electron chi connectivity index (χ4n) is 4.25. The van der Waals surface area contributed by atoms with Crippen molar-refractivity contribution >= 4 is 37.3 Å². The molecule has 3 aromatic carbocycles. The van der Waals surface area contributed by atoms with Gasteiger partial charge in [-0.25, -0.2) is 21.6 Å². The smallest absolute Gasteiger partial charge is 0.311 e. The molecule has 42 heavy (non-hydrogen) atoms. The molecule has 1 heterocycles. The van der Waals surface area contributed by atoms with E-state index in [1.54, 1.807) is 18.2 Å². The lowest BCUT2D eigenvalue weighted by Gasteiger charge is -2.35. The molecule has 1 N–H and O–H groups in total. The topological polar surface area (TPSA) is 165 Å². The van der Waals surface area contributed by atoms with Crippen LogP contribution in [0.5, 0.6) is 11.5 Å². The fraction of sp³-hybridized carbons (Fsp3) is 0.296. The summed E-state index contributed by atoms with van der Waals surface area (Å²) in [5.41, 5.74) is 0.101. The van der Waals surface area contributed by atoms with Crippen molar-refractivity contribution in [3.63, 3.8) is 0 Å². The van der Waals surface area contributed by atoms with E-state index in [9.17, 15) is 31.7 Å². The van der Waals surface area contributed by atoms with E-state index < -0.39 is 43.2 Å². The van der Waals surface area contributed by atoms with Crippen molar-refractivity contribution in [2.24, 2.45) is 0 Å². The van der Waals surface area contributed by atoms with Gasteiger partial charge in [0.1, 0.15) is 5.75 Å². The number of carbonyl (C=O) groups is 1. The monoisotopic (exact) mass is 618 g/mol. The van der Waals surface area contributed by atoms with Crippen molar-refractivity contribution in [1.29, 1.82) is 0 Å². The first kappa shape index (κ1) is 30.7. The first-order valence-electron chi connectivity index (χ1n) is 12.9. The molecule has 0 bridgehead atoms. The molecule has 3 aromatic rings. The summed E-state index contributed by atoms with van der Waals surface area (Å²) in [5.74, 6) is -0.676. The highest BCUT2D eigenvalue weighted by Crippen LogP contribution is 2.32. The Morgan fingerprint density at radius 1 is 0.929 bits per heavy atom. The molecule has 0 radical (unpaired) electrons. The number of ether oxygens (including phenoxy) is 2. The molecule has 1 amide bonds. The number of nitrogens with zero attached hydrogens (tertiary/aromatic N) is 3. The van der Waals surface area contributed by atoms with E-state index >= 15 is 0 Å². The van der Waals surface area contributed by atoms with Crippen LogP contribution in [0.1, 0.15) is 13.8 Å². The first-order valence-corrected chi connectivity index (χ1v) is 15.8. The predicted molar refractivity (Wildman–Crippen MR) is 154 cm³/mol. The molecule has 4 rings (SSSR count). The van der Waals surface area contributed by atoms with E-state index in [4.69, 9.17) is 9.47 Å². The van der Waals surface area contributed by atoms with Crippen LogP contribution in [0.25, 0.3) is 0 Å². The van der Waals surface area contributed by atoms with Gasteiger partial charge in [0.25, 0.3) is 15.9 Å². The van der Waals surface area contributed by atoms with Crippen molar-refractivity contribution in [2.45, 2.75) is 29.7 Å². The van der Waals surface area contributed by atoms with Crippen molar-refractivity contribution in [3.05, 3.63) is 82.9 Å². The highest BCUT2D eigenvalue weighted by molar-refractivity contribution is 7.90. The van der Waals surface area contributed by atoms with E-state index in [0.717, 1.165) is 0 Å². The quantitative estimate of drug-likeness (QED) is 0.249. The number of nitro groups is 1. The molecule has 0 aromatic heterocycles. The Bertz CT molecular complexity index is 1640. The summed E-state index contributed by atoms with van der Waals surface area (Å²) in [5, 5.41) is 11.6. The Kier molecular flexibility index (Phi) is 9.33. The van der Waals surface area contributed by atoms with Crippen LogP contribution in [-0.2, 0) is 24.8 Å². The van der Waals surface area contributed by atoms with E-state index in [-0.39, 0.29) is 34.7 Å². The number of rotatable bonds is 11. The number of amides is 1. The number of carbonyl (C=O) groups excluding carboxylic acids is 1. The Balaban J connectivity index is 1.41. The molecule has 0 saturated carbocycles. The highest BCUT2D eigenvalue weighted by atomic mass is 32.2. The number of benzene rings is 3. The van der Waals surface area contributed by atoms with Gasteiger partial charge in [-0.2, -0.15) is 4.31 Å². The second-order valence-corrected chi connectivity index (χ2v) is 13.2. The zero-order chi connectivity index (χ0) is 30.5. The Hall–Kier alpha value is -4.21. The number of hydrogen-bond acceptors (Lipinski definition) is 10. The molecular weight excluding hydrogens is 588 g/mol. The summed E-state index contributed by atoms with van der Waals surface area (Å²) in [6, 6.07) is 17.6. The SMILES string of the molecule is CC(C)Oc1ccc(S(=O)(=O)N2CCN(c3ccc([N+](=O)[O-])c(OCC(=O)NS(=O)(=O)c4ccccc4)c3)CC2)cc1. The number of anilines is 1. The summed E-state index contributed by atoms with van der Waals surface area (Å²) >= 11 is 0. The molecule has 1 aliphatic heterocycles. The Labute approximate surface area is 243 Å². The van der Waals surface area contributed by atoms with E-state index in [1.165, 1.54) is 58.9 Å². The number of piperazine rings is 1. The minimum absolute atomic E-state index is 0.0428. The van der Waals surface area contributed by atoms with Crippen LogP contribution >= 0.6 is 0 Å². The molecule has 1 aliphatic rings. The van der Waals surface area contributed by atoms with Gasteiger partial charge in [-0.3, -0.25) is 14.9 Å². The van der Waals surface area contributed by atoms with Crippen LogP contribution < -0.4 is 19.1 Å². The largest absolute Gasteiger partial charge is 0.491 e. The lowest BCUT2D eigenvalue weighted by Crippen LogP contribution is -2.48. The van der Waals surface area contributed by atoms with Crippen LogP contribution in [0.3, 0.4) is 0 Å². The fourth-order valence-corrected chi connectivity index (χ4v) is 6.66. The molecule has 0 aliphatic carbocycles. The molecule has 13 nitrogen and oxygen atoms in total. The summed E-state index contributed by atoms with van der Waals surface area (Å²) in [4.78, 5) is 25.1. The van der Waals surface area contributed by atoms with Crippen molar-refractivity contribution < 1.29 is 36.0 Å². The standard InChI is InChI=1S/C27H30N4O9S2/c1-20(2)40-22-9-11-24(12-10-22)42(37,38)30-16-14-29(15-17-30)21-8-13-25(31(33)34)26(18-21)39-19-27(32)28-41(35,36)23-6-4-3-5-7-23/h3-13,18,20H,14-17,19H2,1-2H3,(H,28,32). The van der Waals surface area contributed by atoms with E-state index in [0.29, 0.717) is 24.5 Å². The molecule has 224 valence electrons. The molecule has 0 unspecified atom stereocenters. The van der Waals surface area contributed by atoms with Gasteiger partial charge in [-0.1, -0.05) is 18.2 Å². The van der Waals surface area contributed by atoms with Crippen LogP contribution in [-0.4, -0.2) is 70.9 Å². The van der Waals surface area contributed by atoms with E-state index in [2.05, 4.69) is 0 Å². The third-order valence-electron chi connectivity index (χ3n) is 6.24. The van der Waals surface area contributed by atoms with Gasteiger partial charge in [-0.05, 0) is 56.3 Å². The summed E-state index contributed by atoms with van der Waals surface area (Å²) in [7, 11) is -7.89. The number of nitro benzene ring substituents is 1. The lowest BCUT2D eigenvalue weighted by molar-refractivity contribution is -0.385. The lowest BCUT2D eigenvalue weighted by atomic mass is 10.2. The van der Waals surface area contributed by atoms with E-state index in [1.807, 2.05) is 23.5 Å². The van der Waals surface area contributed by atoms with Crippen LogP contribution in [0.15, 0.2) is 82.6 Å². The Morgan fingerprint density at radius 2 is 1.57 bits per heavy atom. The van der Waals surface area contributed by atoms with Crippen molar-refractivity contribution in [3.8, 4) is 11.5 Å². The van der Waals surface area contributed by atoms with Gasteiger partial charge >= 0.3 is 5.69 Å². The number of sulfonamides is 2. The average molecular weight is 619 g/mol. The van der Waals surface area contributed by atoms with Crippen LogP contribution in [0.4, 0.5) is 11.4 Å². The maximum atomic E-state index is 13.2. The van der Waals surface area contributed by atoms with Crippen molar-refractivity contribution in [1.82, 2.24) is 9.03 Å². The highest BCUT2D eigenvalue weighted by Gasteiger charge is 2.29. The maximum absolute atomic E-state index is 13.2. The Morgan fingerprint density at radius 3 is 2.17 bits per heavy atom. The van der Waals surface area contributed by atoms with Crippen LogP contribution in [0.2, 0.25) is 0 Å². The third-order valence-corrected chi connectivity index (χ3v) is 9.54. The second kappa shape index (κ2) is 12.8. The van der Waals surface area contributed by atoms with Gasteiger partial charge in [0.05, 0.1) is 20.8 Å². The minimum atomic E-state index is -4.14. The van der Waals surface area contributed by atoms with Gasteiger partial charge < -0.3 is 14.4 Å². The predicted octanol–water partition coefficient (Wildman–Crippen LogP) is 2.78. The molecular formula is C27H30N4O9S2. The zero-order valence-corrected chi connectivity index (χ0v) is 24.5.